The predicted molar refractivity (Wildman–Crippen MR) is 101 cm³/mol. The Morgan fingerprint density at radius 3 is 2.93 bits per heavy atom. The topological polar surface area (TPSA) is 76.1 Å². The first-order valence-corrected chi connectivity index (χ1v) is 9.76. The number of carboxylic acid groups (broad SMARTS) is 1. The number of likely N-dealkylation sites (tertiary alicyclic amines) is 1. The third-order valence-electron chi connectivity index (χ3n) is 5.57. The van der Waals surface area contributed by atoms with Gasteiger partial charge in [0.2, 0.25) is 5.91 Å². The van der Waals surface area contributed by atoms with E-state index in [1.54, 1.807) is 29.4 Å². The number of carbonyl (C=O) groups is 2. The lowest BCUT2D eigenvalue weighted by atomic mass is 9.73. The molecule has 2 atom stereocenters. The summed E-state index contributed by atoms with van der Waals surface area (Å²) in [4.78, 5) is 27.8. The summed E-state index contributed by atoms with van der Waals surface area (Å²) in [6.45, 7) is 0.598. The van der Waals surface area contributed by atoms with Crippen LogP contribution in [0.5, 0.6) is 11.5 Å². The van der Waals surface area contributed by atoms with Gasteiger partial charge in [-0.2, -0.15) is 0 Å². The number of carbonyl (C=O) groups excluding carboxylic acids is 1. The largest absolute Gasteiger partial charge is 0.493 e. The Bertz CT molecular complexity index is 865. The number of fused-ring (bicyclic) bond motifs is 3. The van der Waals surface area contributed by atoms with Gasteiger partial charge < -0.3 is 19.5 Å². The zero-order chi connectivity index (χ0) is 19.0. The summed E-state index contributed by atoms with van der Waals surface area (Å²) in [6, 6.07) is 9.48. The van der Waals surface area contributed by atoms with Crippen LogP contribution in [0.2, 0.25) is 0 Å². The van der Waals surface area contributed by atoms with Crippen LogP contribution in [0.1, 0.15) is 22.8 Å². The molecule has 0 bridgehead atoms. The van der Waals surface area contributed by atoms with Crippen molar-refractivity contribution >= 4 is 23.2 Å². The lowest BCUT2D eigenvalue weighted by molar-refractivity contribution is -0.152. The normalized spacial score (nSPS) is 23.3. The molecule has 0 saturated carbocycles. The van der Waals surface area contributed by atoms with E-state index in [1.165, 1.54) is 0 Å². The predicted octanol–water partition coefficient (Wildman–Crippen LogP) is 2.78. The standard InChI is InChI=1S/C20H21NO5S/c1-25-16-6-2-5-14-15-10-21(17(22)8-7-13-4-3-9-27-13)11-20(15,19(23)24)12-26-18(14)16/h2-6,9,15H,7-8,10-12H2,1H3,(H,23,24)/t15-,20-/m1/s1. The third-order valence-corrected chi connectivity index (χ3v) is 6.50. The van der Waals surface area contributed by atoms with Crippen LogP contribution in [0.4, 0.5) is 0 Å². The van der Waals surface area contributed by atoms with Crippen molar-refractivity contribution in [2.45, 2.75) is 18.8 Å². The molecular formula is C20H21NO5S. The van der Waals surface area contributed by atoms with Gasteiger partial charge in [-0.3, -0.25) is 9.59 Å². The lowest BCUT2D eigenvalue weighted by Crippen LogP contribution is -2.46. The zero-order valence-corrected chi connectivity index (χ0v) is 15.8. The van der Waals surface area contributed by atoms with Gasteiger partial charge >= 0.3 is 5.97 Å². The van der Waals surface area contributed by atoms with Crippen molar-refractivity contribution in [1.29, 1.82) is 0 Å². The van der Waals surface area contributed by atoms with Gasteiger partial charge in [0.1, 0.15) is 12.0 Å². The fourth-order valence-corrected chi connectivity index (χ4v) is 4.80. The Morgan fingerprint density at radius 1 is 1.37 bits per heavy atom. The van der Waals surface area contributed by atoms with Gasteiger partial charge in [0.25, 0.3) is 0 Å². The second-order valence-corrected chi connectivity index (χ2v) is 8.07. The molecule has 6 nitrogen and oxygen atoms in total. The molecule has 27 heavy (non-hydrogen) atoms. The molecule has 2 aromatic rings. The molecule has 1 amide bonds. The minimum Gasteiger partial charge on any atom is -0.493 e. The maximum Gasteiger partial charge on any atom is 0.315 e. The van der Waals surface area contributed by atoms with Crippen LogP contribution < -0.4 is 9.47 Å². The van der Waals surface area contributed by atoms with Crippen LogP contribution >= 0.6 is 11.3 Å². The van der Waals surface area contributed by atoms with E-state index < -0.39 is 11.4 Å². The summed E-state index contributed by atoms with van der Waals surface area (Å²) in [7, 11) is 1.56. The van der Waals surface area contributed by atoms with Crippen molar-refractivity contribution in [2.24, 2.45) is 5.41 Å². The molecule has 1 fully saturated rings. The number of rotatable bonds is 5. The van der Waals surface area contributed by atoms with E-state index in [2.05, 4.69) is 0 Å². The molecule has 2 aliphatic rings. The summed E-state index contributed by atoms with van der Waals surface area (Å²) in [5, 5.41) is 12.0. The van der Waals surface area contributed by atoms with Crippen LogP contribution in [-0.4, -0.2) is 48.7 Å². The minimum absolute atomic E-state index is 0.0112. The highest BCUT2D eigenvalue weighted by atomic mass is 32.1. The number of para-hydroxylation sites is 1. The molecule has 0 radical (unpaired) electrons. The average molecular weight is 387 g/mol. The Labute approximate surface area is 161 Å². The highest BCUT2D eigenvalue weighted by Gasteiger charge is 2.57. The molecule has 7 heteroatoms. The van der Waals surface area contributed by atoms with Crippen molar-refractivity contribution in [3.8, 4) is 11.5 Å². The van der Waals surface area contributed by atoms with Crippen LogP contribution in [-0.2, 0) is 16.0 Å². The first-order chi connectivity index (χ1) is 13.0. The second-order valence-electron chi connectivity index (χ2n) is 7.03. The Morgan fingerprint density at radius 2 is 2.22 bits per heavy atom. The molecule has 0 unspecified atom stereocenters. The Hall–Kier alpha value is -2.54. The van der Waals surface area contributed by atoms with Crippen molar-refractivity contribution in [1.82, 2.24) is 4.90 Å². The fourth-order valence-electron chi connectivity index (χ4n) is 4.09. The SMILES string of the molecule is COc1cccc2c1OC[C@]1(C(=O)O)CN(C(=O)CCc3cccs3)C[C@H]21. The Balaban J connectivity index is 1.59. The molecule has 1 aromatic carbocycles. The molecule has 1 saturated heterocycles. The summed E-state index contributed by atoms with van der Waals surface area (Å²) in [5.41, 5.74) is -0.311. The van der Waals surface area contributed by atoms with E-state index in [9.17, 15) is 14.7 Å². The fraction of sp³-hybridized carbons (Fsp3) is 0.400. The maximum atomic E-state index is 12.8. The monoisotopic (exact) mass is 387 g/mol. The Kier molecular flexibility index (Phi) is 4.55. The van der Waals surface area contributed by atoms with Crippen molar-refractivity contribution in [3.05, 3.63) is 46.2 Å². The number of hydrogen-bond acceptors (Lipinski definition) is 5. The number of methoxy groups -OCH3 is 1. The number of thiophene rings is 1. The van der Waals surface area contributed by atoms with Gasteiger partial charge in [-0.1, -0.05) is 18.2 Å². The molecule has 0 aliphatic carbocycles. The molecule has 3 heterocycles. The van der Waals surface area contributed by atoms with E-state index >= 15 is 0 Å². The first kappa shape index (κ1) is 17.9. The summed E-state index contributed by atoms with van der Waals surface area (Å²) >= 11 is 1.63. The number of aliphatic carboxylic acids is 1. The quantitative estimate of drug-likeness (QED) is 0.854. The van der Waals surface area contributed by atoms with E-state index in [-0.39, 0.29) is 25.0 Å². The molecule has 0 spiro atoms. The highest BCUT2D eigenvalue weighted by molar-refractivity contribution is 7.09. The maximum absolute atomic E-state index is 12.8. The average Bonchev–Trinajstić information content (AvgIpc) is 3.33. The van der Waals surface area contributed by atoms with Gasteiger partial charge in [-0.05, 0) is 23.9 Å². The van der Waals surface area contributed by atoms with Crippen LogP contribution in [0, 0.1) is 5.41 Å². The van der Waals surface area contributed by atoms with Gasteiger partial charge in [0.15, 0.2) is 11.5 Å². The highest BCUT2D eigenvalue weighted by Crippen LogP contribution is 2.52. The van der Waals surface area contributed by atoms with Crippen molar-refractivity contribution in [2.75, 3.05) is 26.8 Å². The number of ether oxygens (including phenoxy) is 2. The number of carboxylic acids is 1. The van der Waals surface area contributed by atoms with E-state index in [0.717, 1.165) is 10.4 Å². The number of hydrogen-bond donors (Lipinski definition) is 1. The number of nitrogens with zero attached hydrogens (tertiary/aromatic N) is 1. The number of amides is 1. The van der Waals surface area contributed by atoms with Gasteiger partial charge in [0, 0.05) is 35.9 Å². The molecule has 2 aliphatic heterocycles. The van der Waals surface area contributed by atoms with Gasteiger partial charge in [-0.15, -0.1) is 11.3 Å². The number of benzene rings is 1. The van der Waals surface area contributed by atoms with Crippen molar-refractivity contribution < 1.29 is 24.2 Å². The minimum atomic E-state index is -1.11. The molecule has 4 rings (SSSR count). The molecular weight excluding hydrogens is 366 g/mol. The second kappa shape index (κ2) is 6.88. The summed E-state index contributed by atoms with van der Waals surface area (Å²) in [6.07, 6.45) is 1.06. The zero-order valence-electron chi connectivity index (χ0n) is 15.0. The number of aryl methyl sites for hydroxylation is 1. The first-order valence-electron chi connectivity index (χ1n) is 8.88. The van der Waals surface area contributed by atoms with E-state index in [4.69, 9.17) is 9.47 Å². The van der Waals surface area contributed by atoms with Crippen LogP contribution in [0.15, 0.2) is 35.7 Å². The summed E-state index contributed by atoms with van der Waals surface area (Å²) in [5.74, 6) is -0.0549. The third kappa shape index (κ3) is 2.96. The molecule has 142 valence electrons. The lowest BCUT2D eigenvalue weighted by Gasteiger charge is -2.36. The van der Waals surface area contributed by atoms with E-state index in [0.29, 0.717) is 30.9 Å². The molecule has 1 aromatic heterocycles. The van der Waals surface area contributed by atoms with Gasteiger partial charge in [-0.25, -0.2) is 0 Å². The van der Waals surface area contributed by atoms with Crippen molar-refractivity contribution in [3.63, 3.8) is 0 Å². The van der Waals surface area contributed by atoms with E-state index in [1.807, 2.05) is 29.6 Å². The van der Waals surface area contributed by atoms with Gasteiger partial charge in [0.05, 0.1) is 7.11 Å². The van der Waals surface area contributed by atoms with Crippen LogP contribution in [0.25, 0.3) is 0 Å². The molecule has 1 N–H and O–H groups in total. The smallest absolute Gasteiger partial charge is 0.315 e. The van der Waals surface area contributed by atoms with Crippen LogP contribution in [0.3, 0.4) is 0 Å². The summed E-state index contributed by atoms with van der Waals surface area (Å²) < 4.78 is 11.2.